The van der Waals surface area contributed by atoms with Gasteiger partial charge in [-0.25, -0.2) is 4.39 Å². The smallest absolute Gasteiger partial charge is 0.455 e. The fraction of sp³-hybridized carbons (Fsp3) is 0.154. The fourth-order valence-electron chi connectivity index (χ4n) is 1.87. The van der Waals surface area contributed by atoms with Gasteiger partial charge in [0.15, 0.2) is 11.6 Å². The first-order valence-corrected chi connectivity index (χ1v) is 5.23. The summed E-state index contributed by atoms with van der Waals surface area (Å²) in [5.74, 6) is -3.77. The molecule has 0 aliphatic heterocycles. The zero-order chi connectivity index (χ0) is 14.2. The number of fused-ring (bicyclic) bond motifs is 1. The maximum absolute atomic E-state index is 14.0. The first-order valence-electron chi connectivity index (χ1n) is 5.23. The zero-order valence-corrected chi connectivity index (χ0v) is 9.72. The summed E-state index contributed by atoms with van der Waals surface area (Å²) in [4.78, 5) is 11.4. The topological polar surface area (TPSA) is 26.3 Å². The molecular formula is C13H8F4O2. The van der Waals surface area contributed by atoms with Crippen LogP contribution >= 0.6 is 0 Å². The molecule has 0 N–H and O–H groups in total. The maximum Gasteiger partial charge on any atom is 0.455 e. The summed E-state index contributed by atoms with van der Waals surface area (Å²) in [6.07, 6.45) is -5.09. The van der Waals surface area contributed by atoms with Gasteiger partial charge in [0.25, 0.3) is 5.78 Å². The molecule has 0 aromatic rings. The van der Waals surface area contributed by atoms with Gasteiger partial charge in [-0.15, -0.1) is 0 Å². The van der Waals surface area contributed by atoms with Crippen LogP contribution in [0.25, 0.3) is 11.1 Å². The molecule has 100 valence electrons. The summed E-state index contributed by atoms with van der Waals surface area (Å²) in [5.41, 5.74) is -1.00. The third-order valence-corrected chi connectivity index (χ3v) is 2.66. The molecule has 0 saturated carbocycles. The number of hydrogen-bond donors (Lipinski definition) is 0. The van der Waals surface area contributed by atoms with Crippen LogP contribution in [0.5, 0.6) is 5.75 Å². The number of halogens is 4. The van der Waals surface area contributed by atoms with E-state index in [0.29, 0.717) is 0 Å². The van der Waals surface area contributed by atoms with Crippen molar-refractivity contribution in [3.63, 3.8) is 0 Å². The summed E-state index contributed by atoms with van der Waals surface area (Å²) in [7, 11) is 1.02. The molecule has 2 rings (SSSR count). The Balaban J connectivity index is 2.79. The van der Waals surface area contributed by atoms with Crippen LogP contribution in [-0.4, -0.2) is 19.1 Å². The first kappa shape index (κ1) is 13.3. The predicted molar refractivity (Wildman–Crippen MR) is 60.0 cm³/mol. The number of carbonyl (C=O) groups is 1. The minimum Gasteiger partial charge on any atom is -0.493 e. The van der Waals surface area contributed by atoms with Crippen molar-refractivity contribution in [2.75, 3.05) is 7.11 Å². The van der Waals surface area contributed by atoms with Crippen LogP contribution in [0.2, 0.25) is 0 Å². The SMILES string of the molecule is COc1c(F)c2cccccc-2c1C(=O)C(F)(F)F. The molecule has 0 saturated heterocycles. The molecule has 0 fully saturated rings. The van der Waals surface area contributed by atoms with Gasteiger partial charge in [0.05, 0.1) is 12.7 Å². The van der Waals surface area contributed by atoms with Gasteiger partial charge in [-0.2, -0.15) is 13.2 Å². The minimum absolute atomic E-state index is 0.0885. The van der Waals surface area contributed by atoms with E-state index in [-0.39, 0.29) is 11.1 Å². The quantitative estimate of drug-likeness (QED) is 0.615. The lowest BCUT2D eigenvalue weighted by Crippen LogP contribution is -2.23. The van der Waals surface area contributed by atoms with E-state index in [2.05, 4.69) is 4.74 Å². The summed E-state index contributed by atoms with van der Waals surface area (Å²) >= 11 is 0. The monoisotopic (exact) mass is 272 g/mol. The van der Waals surface area contributed by atoms with Gasteiger partial charge in [0.2, 0.25) is 0 Å². The van der Waals surface area contributed by atoms with Gasteiger partial charge in [-0.3, -0.25) is 4.79 Å². The molecule has 2 aliphatic carbocycles. The van der Waals surface area contributed by atoms with Crippen LogP contribution < -0.4 is 4.74 Å². The molecule has 2 nitrogen and oxygen atoms in total. The molecule has 0 amide bonds. The molecule has 19 heavy (non-hydrogen) atoms. The summed E-state index contributed by atoms with van der Waals surface area (Å²) in [6, 6.07) is 6.95. The van der Waals surface area contributed by atoms with Crippen molar-refractivity contribution in [2.24, 2.45) is 0 Å². The number of ketones is 1. The lowest BCUT2D eigenvalue weighted by atomic mass is 10.1. The normalized spacial score (nSPS) is 11.6. The lowest BCUT2D eigenvalue weighted by Gasteiger charge is -2.07. The second kappa shape index (κ2) is 4.53. The van der Waals surface area contributed by atoms with E-state index < -0.39 is 29.1 Å². The Labute approximate surface area is 105 Å². The highest BCUT2D eigenvalue weighted by Crippen LogP contribution is 2.42. The van der Waals surface area contributed by atoms with Crippen molar-refractivity contribution in [3.8, 4) is 16.9 Å². The third-order valence-electron chi connectivity index (χ3n) is 2.66. The molecule has 0 atom stereocenters. The van der Waals surface area contributed by atoms with Crippen LogP contribution in [-0.2, 0) is 0 Å². The van der Waals surface area contributed by atoms with E-state index >= 15 is 0 Å². The lowest BCUT2D eigenvalue weighted by molar-refractivity contribution is -0.0885. The maximum atomic E-state index is 14.0. The molecule has 0 aromatic heterocycles. The standard InChI is InChI=1S/C13H8F4O2/c1-19-11-9(12(18)13(15,16)17)7-5-3-2-4-6-8(7)10(11)14/h2-6H,1H3. The largest absolute Gasteiger partial charge is 0.493 e. The minimum atomic E-state index is -5.09. The number of Topliss-reactive ketones (excluding diaryl/α,β-unsaturated/α-hetero) is 1. The number of ether oxygens (including phenoxy) is 1. The molecule has 2 aliphatic rings. The van der Waals surface area contributed by atoms with Gasteiger partial charge in [0, 0.05) is 5.56 Å². The van der Waals surface area contributed by atoms with E-state index in [1.807, 2.05) is 0 Å². The Hall–Kier alpha value is -2.11. The van der Waals surface area contributed by atoms with E-state index in [9.17, 15) is 22.4 Å². The molecule has 6 heteroatoms. The summed E-state index contributed by atoms with van der Waals surface area (Å²) in [6.45, 7) is 0. The van der Waals surface area contributed by atoms with Crippen molar-refractivity contribution >= 4 is 5.78 Å². The van der Waals surface area contributed by atoms with Crippen LogP contribution in [0, 0.1) is 5.82 Å². The third kappa shape index (κ3) is 2.14. The highest BCUT2D eigenvalue weighted by atomic mass is 19.4. The number of hydrogen-bond acceptors (Lipinski definition) is 2. The Morgan fingerprint density at radius 3 is 2.21 bits per heavy atom. The highest BCUT2D eigenvalue weighted by Gasteiger charge is 2.44. The van der Waals surface area contributed by atoms with Crippen molar-refractivity contribution < 1.29 is 27.1 Å². The second-order valence-electron chi connectivity index (χ2n) is 3.79. The first-order chi connectivity index (χ1) is 8.88. The molecule has 0 spiro atoms. The van der Waals surface area contributed by atoms with E-state index in [1.165, 1.54) is 30.3 Å². The number of methoxy groups -OCH3 is 1. The van der Waals surface area contributed by atoms with E-state index in [1.54, 1.807) is 0 Å². The van der Waals surface area contributed by atoms with Gasteiger partial charge in [0.1, 0.15) is 0 Å². The Morgan fingerprint density at radius 2 is 1.68 bits per heavy atom. The molecule has 0 aromatic carbocycles. The van der Waals surface area contributed by atoms with Crippen molar-refractivity contribution in [1.82, 2.24) is 0 Å². The number of alkyl halides is 3. The molecule has 0 unspecified atom stereocenters. The van der Waals surface area contributed by atoms with Crippen LogP contribution in [0.1, 0.15) is 10.4 Å². The molecule has 0 heterocycles. The van der Waals surface area contributed by atoms with Gasteiger partial charge in [-0.1, -0.05) is 30.3 Å². The summed E-state index contributed by atoms with van der Waals surface area (Å²) in [5, 5.41) is 0. The van der Waals surface area contributed by atoms with E-state index in [4.69, 9.17) is 0 Å². The van der Waals surface area contributed by atoms with Crippen LogP contribution in [0.4, 0.5) is 17.6 Å². The van der Waals surface area contributed by atoms with Crippen molar-refractivity contribution in [3.05, 3.63) is 41.7 Å². The number of carbonyl (C=O) groups excluding carboxylic acids is 1. The molecule has 0 bridgehead atoms. The second-order valence-corrected chi connectivity index (χ2v) is 3.79. The Bertz CT molecular complexity index is 604. The van der Waals surface area contributed by atoms with Crippen molar-refractivity contribution in [2.45, 2.75) is 6.18 Å². The average molecular weight is 272 g/mol. The van der Waals surface area contributed by atoms with Gasteiger partial charge >= 0.3 is 6.18 Å². The van der Waals surface area contributed by atoms with Gasteiger partial charge < -0.3 is 4.74 Å². The number of rotatable bonds is 2. The predicted octanol–water partition coefficient (Wildman–Crippen LogP) is 3.68. The van der Waals surface area contributed by atoms with Crippen molar-refractivity contribution in [1.29, 1.82) is 0 Å². The van der Waals surface area contributed by atoms with Gasteiger partial charge in [-0.05, 0) is 5.56 Å². The average Bonchev–Trinajstić information content (AvgIpc) is 2.52. The molecular weight excluding hydrogens is 264 g/mol. The zero-order valence-electron chi connectivity index (χ0n) is 9.72. The molecule has 0 radical (unpaired) electrons. The van der Waals surface area contributed by atoms with Crippen LogP contribution in [0.3, 0.4) is 0 Å². The summed E-state index contributed by atoms with van der Waals surface area (Å²) < 4.78 is 56.2. The van der Waals surface area contributed by atoms with Crippen LogP contribution in [0.15, 0.2) is 30.3 Å². The van der Waals surface area contributed by atoms with E-state index in [0.717, 1.165) is 7.11 Å². The highest BCUT2D eigenvalue weighted by molar-refractivity contribution is 6.09. The Kier molecular flexibility index (Phi) is 3.18. The Morgan fingerprint density at radius 1 is 1.11 bits per heavy atom. The fourth-order valence-corrected chi connectivity index (χ4v) is 1.87.